The fourth-order valence-corrected chi connectivity index (χ4v) is 5.06. The molecule has 0 unspecified atom stereocenters. The molecule has 0 saturated carbocycles. The number of aromatic nitrogens is 1. The highest BCUT2D eigenvalue weighted by molar-refractivity contribution is 5.76. The van der Waals surface area contributed by atoms with Crippen LogP contribution in [0.3, 0.4) is 0 Å². The Bertz CT molecular complexity index is 931. The van der Waals surface area contributed by atoms with Crippen molar-refractivity contribution in [3.05, 3.63) is 82.3 Å². The van der Waals surface area contributed by atoms with E-state index in [-0.39, 0.29) is 23.4 Å². The van der Waals surface area contributed by atoms with Crippen molar-refractivity contribution in [2.45, 2.75) is 51.0 Å². The minimum absolute atomic E-state index is 0.0873. The molecule has 4 nitrogen and oxygen atoms in total. The Labute approximate surface area is 172 Å². The summed E-state index contributed by atoms with van der Waals surface area (Å²) in [6, 6.07) is 16.1. The van der Waals surface area contributed by atoms with Gasteiger partial charge in [0.25, 0.3) is 5.56 Å². The number of hydrogen-bond donors (Lipinski definition) is 0. The highest BCUT2D eigenvalue weighted by Gasteiger charge is 2.41. The molecule has 29 heavy (non-hydrogen) atoms. The zero-order valence-electron chi connectivity index (χ0n) is 17.2. The highest BCUT2D eigenvalue weighted by Crippen LogP contribution is 2.42. The first-order chi connectivity index (χ1) is 14.2. The maximum Gasteiger partial charge on any atom is 0.251 e. The third-order valence-electron chi connectivity index (χ3n) is 6.44. The number of carbonyl (C=O) groups is 1. The van der Waals surface area contributed by atoms with Gasteiger partial charge in [-0.1, -0.05) is 48.6 Å². The van der Waals surface area contributed by atoms with E-state index in [0.717, 1.165) is 44.5 Å². The number of carbonyl (C=O) groups excluding carboxylic acids is 1. The van der Waals surface area contributed by atoms with Crippen LogP contribution in [0.5, 0.6) is 0 Å². The van der Waals surface area contributed by atoms with Gasteiger partial charge in [0, 0.05) is 43.2 Å². The van der Waals surface area contributed by atoms with E-state index in [0.29, 0.717) is 12.3 Å². The van der Waals surface area contributed by atoms with Gasteiger partial charge in [0.2, 0.25) is 5.91 Å². The molecule has 2 aromatic rings. The van der Waals surface area contributed by atoms with E-state index >= 15 is 0 Å². The van der Waals surface area contributed by atoms with Gasteiger partial charge in [-0.2, -0.15) is 0 Å². The predicted molar refractivity (Wildman–Crippen MR) is 116 cm³/mol. The van der Waals surface area contributed by atoms with E-state index in [2.05, 4.69) is 41.3 Å². The summed E-state index contributed by atoms with van der Waals surface area (Å²) in [7, 11) is 0. The van der Waals surface area contributed by atoms with E-state index in [9.17, 15) is 9.59 Å². The normalized spacial score (nSPS) is 23.2. The molecule has 4 heteroatoms. The van der Waals surface area contributed by atoms with Gasteiger partial charge in [0.05, 0.1) is 0 Å². The summed E-state index contributed by atoms with van der Waals surface area (Å²) in [6.45, 7) is 3.51. The third-order valence-corrected chi connectivity index (χ3v) is 6.44. The van der Waals surface area contributed by atoms with Crippen LogP contribution in [0, 0.1) is 5.92 Å². The Morgan fingerprint density at radius 3 is 2.72 bits per heavy atom. The molecule has 0 N–H and O–H groups in total. The van der Waals surface area contributed by atoms with Crippen LogP contribution in [0.25, 0.3) is 0 Å². The number of likely N-dealkylation sites (tertiary alicyclic amines) is 1. The standard InChI is InChI=1S/C25H30N2O2/c1-2-3-4-8-13-24(28)26-17-20-16-21(18-26)23(15-19-10-6-5-7-11-19)27-22(20)12-9-14-25(27)29/h2-3,5-7,9-12,14,20-21,23H,4,8,13,15-18H2,1H3/b3-2+/t20-,21+,23+/m1/s1. The molecule has 4 rings (SSSR count). The van der Waals surface area contributed by atoms with Crippen molar-refractivity contribution in [1.29, 1.82) is 0 Å². The number of fused-ring (bicyclic) bond motifs is 4. The van der Waals surface area contributed by atoms with Crippen LogP contribution in [0.2, 0.25) is 0 Å². The molecule has 152 valence electrons. The summed E-state index contributed by atoms with van der Waals surface area (Å²) in [5.41, 5.74) is 2.43. The predicted octanol–water partition coefficient (Wildman–Crippen LogP) is 4.32. The minimum atomic E-state index is 0.0873. The van der Waals surface area contributed by atoms with Crippen LogP contribution in [0.15, 0.2) is 65.5 Å². The Kier molecular flexibility index (Phi) is 5.98. The molecule has 2 aliphatic heterocycles. The van der Waals surface area contributed by atoms with Crippen LogP contribution in [-0.2, 0) is 11.2 Å². The smallest absolute Gasteiger partial charge is 0.251 e. The molecule has 0 spiro atoms. The van der Waals surface area contributed by atoms with E-state index in [4.69, 9.17) is 0 Å². The van der Waals surface area contributed by atoms with Crippen molar-refractivity contribution in [3.8, 4) is 0 Å². The lowest BCUT2D eigenvalue weighted by Crippen LogP contribution is -2.51. The number of hydrogen-bond acceptors (Lipinski definition) is 2. The SMILES string of the molecule is C/C=C/CCCC(=O)N1C[C@H]2C[C@@H](C1)[C@H](Cc1ccccc1)n1c2cccc1=O. The van der Waals surface area contributed by atoms with E-state index in [1.165, 1.54) is 5.56 Å². The molecule has 2 bridgehead atoms. The van der Waals surface area contributed by atoms with Crippen molar-refractivity contribution in [2.24, 2.45) is 5.92 Å². The summed E-state index contributed by atoms with van der Waals surface area (Å²) in [5.74, 6) is 0.838. The van der Waals surface area contributed by atoms with Crippen molar-refractivity contribution in [2.75, 3.05) is 13.1 Å². The molecule has 1 saturated heterocycles. The Morgan fingerprint density at radius 2 is 1.93 bits per heavy atom. The van der Waals surface area contributed by atoms with Crippen LogP contribution in [-0.4, -0.2) is 28.5 Å². The number of piperidine rings is 1. The quantitative estimate of drug-likeness (QED) is 0.544. The topological polar surface area (TPSA) is 42.3 Å². The number of pyridine rings is 1. The second-order valence-electron chi connectivity index (χ2n) is 8.37. The number of unbranched alkanes of at least 4 members (excludes halogenated alkanes) is 1. The molecule has 1 fully saturated rings. The molecular weight excluding hydrogens is 360 g/mol. The maximum absolute atomic E-state index is 12.9. The van der Waals surface area contributed by atoms with Crippen molar-refractivity contribution in [1.82, 2.24) is 9.47 Å². The number of amides is 1. The summed E-state index contributed by atoms with van der Waals surface area (Å²) < 4.78 is 2.03. The van der Waals surface area contributed by atoms with Crippen molar-refractivity contribution < 1.29 is 4.79 Å². The van der Waals surface area contributed by atoms with Gasteiger partial charge in [-0.25, -0.2) is 0 Å². The van der Waals surface area contributed by atoms with E-state index in [1.807, 2.05) is 29.7 Å². The average Bonchev–Trinajstić information content (AvgIpc) is 2.75. The van der Waals surface area contributed by atoms with Crippen LogP contribution in [0.4, 0.5) is 0 Å². The zero-order valence-corrected chi connectivity index (χ0v) is 17.2. The lowest BCUT2D eigenvalue weighted by molar-refractivity contribution is -0.134. The Balaban J connectivity index is 1.59. The first kappa shape index (κ1) is 19.7. The summed E-state index contributed by atoms with van der Waals surface area (Å²) in [6.07, 6.45) is 8.52. The summed E-state index contributed by atoms with van der Waals surface area (Å²) in [4.78, 5) is 27.7. The second-order valence-corrected chi connectivity index (χ2v) is 8.37. The van der Waals surface area contributed by atoms with Gasteiger partial charge in [-0.05, 0) is 50.2 Å². The average molecular weight is 391 g/mol. The number of benzene rings is 1. The highest BCUT2D eigenvalue weighted by atomic mass is 16.2. The molecule has 2 aliphatic rings. The van der Waals surface area contributed by atoms with Crippen LogP contribution >= 0.6 is 0 Å². The summed E-state index contributed by atoms with van der Waals surface area (Å²) in [5, 5.41) is 0. The molecule has 3 atom stereocenters. The largest absolute Gasteiger partial charge is 0.342 e. The Hall–Kier alpha value is -2.62. The van der Waals surface area contributed by atoms with E-state index in [1.54, 1.807) is 6.07 Å². The van der Waals surface area contributed by atoms with Gasteiger partial charge < -0.3 is 9.47 Å². The molecule has 1 aromatic carbocycles. The molecule has 0 radical (unpaired) electrons. The fraction of sp³-hybridized carbons (Fsp3) is 0.440. The van der Waals surface area contributed by atoms with E-state index < -0.39 is 0 Å². The van der Waals surface area contributed by atoms with Crippen LogP contribution in [0.1, 0.15) is 55.8 Å². The fourth-order valence-electron chi connectivity index (χ4n) is 5.06. The molecular formula is C25H30N2O2. The Morgan fingerprint density at radius 1 is 1.10 bits per heavy atom. The minimum Gasteiger partial charge on any atom is -0.342 e. The van der Waals surface area contributed by atoms with Gasteiger partial charge in [0.1, 0.15) is 0 Å². The first-order valence-corrected chi connectivity index (χ1v) is 10.8. The molecule has 3 heterocycles. The number of rotatable bonds is 6. The van der Waals surface area contributed by atoms with Crippen molar-refractivity contribution >= 4 is 5.91 Å². The number of allylic oxidation sites excluding steroid dienone is 2. The molecule has 1 aromatic heterocycles. The van der Waals surface area contributed by atoms with Crippen LogP contribution < -0.4 is 5.56 Å². The zero-order chi connectivity index (χ0) is 20.2. The monoisotopic (exact) mass is 390 g/mol. The van der Waals surface area contributed by atoms with Crippen molar-refractivity contribution in [3.63, 3.8) is 0 Å². The van der Waals surface area contributed by atoms with Gasteiger partial charge >= 0.3 is 0 Å². The maximum atomic E-state index is 12.9. The van der Waals surface area contributed by atoms with Gasteiger partial charge in [-0.15, -0.1) is 0 Å². The lowest BCUT2D eigenvalue weighted by atomic mass is 9.76. The third kappa shape index (κ3) is 4.21. The molecule has 0 aliphatic carbocycles. The second kappa shape index (κ2) is 8.81. The molecule has 1 amide bonds. The summed E-state index contributed by atoms with van der Waals surface area (Å²) >= 11 is 0. The first-order valence-electron chi connectivity index (χ1n) is 10.8. The van der Waals surface area contributed by atoms with Gasteiger partial charge in [0.15, 0.2) is 0 Å². The van der Waals surface area contributed by atoms with Gasteiger partial charge in [-0.3, -0.25) is 9.59 Å². The lowest BCUT2D eigenvalue weighted by Gasteiger charge is -2.47. The number of nitrogens with zero attached hydrogens (tertiary/aromatic N) is 2.